The van der Waals surface area contributed by atoms with Gasteiger partial charge in [-0.2, -0.15) is 0 Å². The van der Waals surface area contributed by atoms with Gasteiger partial charge in [-0.15, -0.1) is 11.3 Å². The Morgan fingerprint density at radius 2 is 2.04 bits per heavy atom. The Hall–Kier alpha value is -1.79. The van der Waals surface area contributed by atoms with E-state index < -0.39 is 0 Å². The molecule has 0 fully saturated rings. The summed E-state index contributed by atoms with van der Waals surface area (Å²) >= 11 is 7.33. The van der Waals surface area contributed by atoms with Crippen LogP contribution in [0.1, 0.15) is 18.7 Å². The SMILES string of the molecule is CC(C)NC(=S)N(Cc1cccs1)c1ccc2c(c1)OCCO2. The highest BCUT2D eigenvalue weighted by molar-refractivity contribution is 7.80. The van der Waals surface area contributed by atoms with Crippen molar-refractivity contribution >= 4 is 34.4 Å². The summed E-state index contributed by atoms with van der Waals surface area (Å²) in [7, 11) is 0. The van der Waals surface area contributed by atoms with Crippen LogP contribution in [0.5, 0.6) is 11.5 Å². The van der Waals surface area contributed by atoms with Crippen LogP contribution < -0.4 is 19.7 Å². The Balaban J connectivity index is 1.88. The van der Waals surface area contributed by atoms with Gasteiger partial charge in [-0.05, 0) is 49.6 Å². The number of thiocarbonyl (C=S) groups is 1. The Morgan fingerprint density at radius 3 is 2.74 bits per heavy atom. The number of hydrogen-bond acceptors (Lipinski definition) is 4. The standard InChI is InChI=1S/C17H20N2O2S2/c1-12(2)18-17(22)19(11-14-4-3-9-23-14)13-5-6-15-16(10-13)21-8-7-20-15/h3-6,9-10,12H,7-8,11H2,1-2H3,(H,18,22). The molecule has 0 saturated heterocycles. The Morgan fingerprint density at radius 1 is 1.26 bits per heavy atom. The van der Waals surface area contributed by atoms with E-state index in [0.717, 1.165) is 23.7 Å². The van der Waals surface area contributed by atoms with Crippen LogP contribution in [0, 0.1) is 0 Å². The minimum atomic E-state index is 0.283. The number of nitrogens with zero attached hydrogens (tertiary/aromatic N) is 1. The second-order valence-electron chi connectivity index (χ2n) is 5.60. The van der Waals surface area contributed by atoms with E-state index in [4.69, 9.17) is 21.7 Å². The molecule has 1 aromatic carbocycles. The quantitative estimate of drug-likeness (QED) is 0.850. The smallest absolute Gasteiger partial charge is 0.174 e. The van der Waals surface area contributed by atoms with E-state index in [0.29, 0.717) is 18.3 Å². The zero-order chi connectivity index (χ0) is 16.2. The molecule has 1 aliphatic heterocycles. The lowest BCUT2D eigenvalue weighted by atomic mass is 10.2. The summed E-state index contributed by atoms with van der Waals surface area (Å²) in [4.78, 5) is 3.35. The first-order valence-electron chi connectivity index (χ1n) is 7.63. The van der Waals surface area contributed by atoms with Gasteiger partial charge >= 0.3 is 0 Å². The second kappa shape index (κ2) is 7.19. The Bertz CT molecular complexity index is 671. The molecule has 0 amide bonds. The normalized spacial score (nSPS) is 13.0. The Labute approximate surface area is 146 Å². The molecule has 6 heteroatoms. The minimum Gasteiger partial charge on any atom is -0.486 e. The van der Waals surface area contributed by atoms with Crippen LogP contribution >= 0.6 is 23.6 Å². The van der Waals surface area contributed by atoms with Gasteiger partial charge < -0.3 is 19.7 Å². The van der Waals surface area contributed by atoms with Crippen molar-refractivity contribution in [3.05, 3.63) is 40.6 Å². The number of ether oxygens (including phenoxy) is 2. The molecule has 0 atom stereocenters. The van der Waals surface area contributed by atoms with Crippen LogP contribution in [0.25, 0.3) is 0 Å². The highest BCUT2D eigenvalue weighted by Gasteiger charge is 2.18. The first-order valence-corrected chi connectivity index (χ1v) is 8.92. The number of thiophene rings is 1. The van der Waals surface area contributed by atoms with Gasteiger partial charge in [0.05, 0.1) is 6.54 Å². The monoisotopic (exact) mass is 348 g/mol. The van der Waals surface area contributed by atoms with E-state index in [2.05, 4.69) is 41.6 Å². The van der Waals surface area contributed by atoms with Crippen LogP contribution in [-0.2, 0) is 6.54 Å². The fourth-order valence-corrected chi connectivity index (χ4v) is 3.46. The fraction of sp³-hybridized carbons (Fsp3) is 0.353. The van der Waals surface area contributed by atoms with Crippen LogP contribution in [0.4, 0.5) is 5.69 Å². The largest absolute Gasteiger partial charge is 0.486 e. The van der Waals surface area contributed by atoms with Gasteiger partial charge in [0.25, 0.3) is 0 Å². The maximum absolute atomic E-state index is 5.70. The molecular weight excluding hydrogens is 328 g/mol. The molecule has 1 aromatic heterocycles. The predicted molar refractivity (Wildman–Crippen MR) is 98.8 cm³/mol. The summed E-state index contributed by atoms with van der Waals surface area (Å²) in [6, 6.07) is 10.4. The van der Waals surface area contributed by atoms with Crippen LogP contribution in [-0.4, -0.2) is 24.4 Å². The fourth-order valence-electron chi connectivity index (χ4n) is 2.36. The van der Waals surface area contributed by atoms with E-state index in [1.165, 1.54) is 4.88 Å². The third-order valence-electron chi connectivity index (χ3n) is 3.39. The van der Waals surface area contributed by atoms with Crippen molar-refractivity contribution in [2.45, 2.75) is 26.4 Å². The molecule has 1 N–H and O–H groups in total. The average Bonchev–Trinajstić information content (AvgIpc) is 3.04. The summed E-state index contributed by atoms with van der Waals surface area (Å²) < 4.78 is 11.3. The van der Waals surface area contributed by atoms with Gasteiger partial charge in [-0.1, -0.05) is 6.07 Å². The maximum Gasteiger partial charge on any atom is 0.174 e. The van der Waals surface area contributed by atoms with Gasteiger partial charge in [0.2, 0.25) is 0 Å². The van der Waals surface area contributed by atoms with Crippen LogP contribution in [0.2, 0.25) is 0 Å². The zero-order valence-corrected chi connectivity index (χ0v) is 14.9. The summed E-state index contributed by atoms with van der Waals surface area (Å²) in [5.74, 6) is 1.57. The van der Waals surface area contributed by atoms with Crippen LogP contribution in [0.15, 0.2) is 35.7 Å². The first-order chi connectivity index (χ1) is 11.1. The highest BCUT2D eigenvalue weighted by atomic mass is 32.1. The van der Waals surface area contributed by atoms with Crippen LogP contribution in [0.3, 0.4) is 0 Å². The summed E-state index contributed by atoms with van der Waals surface area (Å²) in [6.07, 6.45) is 0. The average molecular weight is 348 g/mol. The number of anilines is 1. The topological polar surface area (TPSA) is 33.7 Å². The molecular formula is C17H20N2O2S2. The van der Waals surface area contributed by atoms with Gasteiger partial charge in [0.1, 0.15) is 13.2 Å². The third kappa shape index (κ3) is 3.95. The molecule has 4 nitrogen and oxygen atoms in total. The van der Waals surface area contributed by atoms with Crippen molar-refractivity contribution in [2.24, 2.45) is 0 Å². The molecule has 23 heavy (non-hydrogen) atoms. The summed E-state index contributed by atoms with van der Waals surface area (Å²) in [5.41, 5.74) is 1.00. The predicted octanol–water partition coefficient (Wildman–Crippen LogP) is 3.81. The van der Waals surface area contributed by atoms with Gasteiger partial charge in [0, 0.05) is 22.7 Å². The summed E-state index contributed by atoms with van der Waals surface area (Å²) in [5, 5.41) is 6.12. The highest BCUT2D eigenvalue weighted by Crippen LogP contribution is 2.34. The van der Waals surface area contributed by atoms with E-state index in [9.17, 15) is 0 Å². The molecule has 0 spiro atoms. The molecule has 0 bridgehead atoms. The van der Waals surface area contributed by atoms with E-state index >= 15 is 0 Å². The molecule has 2 aromatic rings. The van der Waals surface area contributed by atoms with Crippen molar-refractivity contribution in [1.29, 1.82) is 0 Å². The van der Waals surface area contributed by atoms with Gasteiger partial charge in [-0.3, -0.25) is 0 Å². The zero-order valence-electron chi connectivity index (χ0n) is 13.2. The molecule has 0 aliphatic carbocycles. The van der Waals surface area contributed by atoms with Crippen molar-refractivity contribution in [1.82, 2.24) is 5.32 Å². The van der Waals surface area contributed by atoms with E-state index in [1.54, 1.807) is 11.3 Å². The third-order valence-corrected chi connectivity index (χ3v) is 4.59. The maximum atomic E-state index is 5.70. The van der Waals surface area contributed by atoms with Crippen molar-refractivity contribution < 1.29 is 9.47 Å². The number of rotatable bonds is 4. The lowest BCUT2D eigenvalue weighted by Crippen LogP contribution is -2.42. The van der Waals surface area contributed by atoms with Crippen molar-refractivity contribution in [2.75, 3.05) is 18.1 Å². The van der Waals surface area contributed by atoms with Gasteiger partial charge in [-0.25, -0.2) is 0 Å². The van der Waals surface area contributed by atoms with Crippen molar-refractivity contribution in [3.63, 3.8) is 0 Å². The second-order valence-corrected chi connectivity index (χ2v) is 7.02. The molecule has 0 unspecified atom stereocenters. The minimum absolute atomic E-state index is 0.283. The first kappa shape index (κ1) is 16.1. The van der Waals surface area contributed by atoms with Gasteiger partial charge in [0.15, 0.2) is 16.6 Å². The molecule has 122 valence electrons. The van der Waals surface area contributed by atoms with E-state index in [-0.39, 0.29) is 6.04 Å². The molecule has 1 aliphatic rings. The Kier molecular flexibility index (Phi) is 5.03. The number of benzene rings is 1. The molecule has 2 heterocycles. The van der Waals surface area contributed by atoms with Crippen molar-refractivity contribution in [3.8, 4) is 11.5 Å². The van der Waals surface area contributed by atoms with E-state index in [1.807, 2.05) is 18.2 Å². The molecule has 0 radical (unpaired) electrons. The molecule has 3 rings (SSSR count). The number of nitrogens with one attached hydrogen (secondary N) is 1. The number of hydrogen-bond donors (Lipinski definition) is 1. The molecule has 0 saturated carbocycles. The number of fused-ring (bicyclic) bond motifs is 1. The lowest BCUT2D eigenvalue weighted by Gasteiger charge is -2.28. The summed E-state index contributed by atoms with van der Waals surface area (Å²) in [6.45, 7) is 6.07. The lowest BCUT2D eigenvalue weighted by molar-refractivity contribution is 0.171.